The van der Waals surface area contributed by atoms with Gasteiger partial charge in [0.25, 0.3) is 5.69 Å². The van der Waals surface area contributed by atoms with E-state index < -0.39 is 57.7 Å². The maximum atomic E-state index is 13.2. The number of urea groups is 1. The Labute approximate surface area is 241 Å². The van der Waals surface area contributed by atoms with E-state index in [1.807, 2.05) is 0 Å². The van der Waals surface area contributed by atoms with Crippen LogP contribution < -0.4 is 20.7 Å². The molecule has 0 spiro atoms. The van der Waals surface area contributed by atoms with Crippen molar-refractivity contribution in [2.75, 3.05) is 13.7 Å². The number of ether oxygens (including phenoxy) is 2. The van der Waals surface area contributed by atoms with E-state index in [0.29, 0.717) is 16.3 Å². The Bertz CT molecular complexity index is 1310. The molecular formula is C27H33ClN4O9. The van der Waals surface area contributed by atoms with Crippen LogP contribution in [0.4, 0.5) is 15.3 Å². The molecule has 2 rings (SSSR count). The van der Waals surface area contributed by atoms with Gasteiger partial charge in [-0.3, -0.25) is 20.2 Å². The van der Waals surface area contributed by atoms with E-state index in [4.69, 9.17) is 21.1 Å². The van der Waals surface area contributed by atoms with Crippen molar-refractivity contribution >= 4 is 41.3 Å². The molecule has 0 saturated heterocycles. The highest BCUT2D eigenvalue weighted by Gasteiger charge is 2.27. The molecule has 0 aromatic heterocycles. The number of hydrogen-bond donors (Lipinski definition) is 4. The molecular weight excluding hydrogens is 560 g/mol. The molecule has 13 nitrogen and oxygen atoms in total. The summed E-state index contributed by atoms with van der Waals surface area (Å²) in [4.78, 5) is 60.2. The SMILES string of the molecule is CC[C@@H](NC(=O)NC(=O)[C@@H](CNC(=O)OC(C)(C)C)Cc1cc(Cl)ccc1OC)c1ccc(C(=O)O)c([N+](=O)[O-])c1. The van der Waals surface area contributed by atoms with Crippen molar-refractivity contribution in [1.29, 1.82) is 0 Å². The molecule has 222 valence electrons. The lowest BCUT2D eigenvalue weighted by molar-refractivity contribution is -0.385. The van der Waals surface area contributed by atoms with Gasteiger partial charge in [0.05, 0.1) is 24.0 Å². The van der Waals surface area contributed by atoms with Crippen LogP contribution in [0.1, 0.15) is 61.6 Å². The van der Waals surface area contributed by atoms with E-state index in [-0.39, 0.29) is 24.9 Å². The van der Waals surface area contributed by atoms with Crippen LogP contribution in [-0.4, -0.2) is 53.3 Å². The van der Waals surface area contributed by atoms with Crippen LogP contribution in [0.3, 0.4) is 0 Å². The summed E-state index contributed by atoms with van der Waals surface area (Å²) in [5.74, 6) is -2.71. The lowest BCUT2D eigenvalue weighted by atomic mass is 9.97. The number of aromatic carboxylic acids is 1. The minimum Gasteiger partial charge on any atom is -0.496 e. The maximum Gasteiger partial charge on any atom is 0.407 e. The van der Waals surface area contributed by atoms with Crippen LogP contribution in [0.25, 0.3) is 0 Å². The molecule has 0 heterocycles. The number of carbonyl (C=O) groups is 4. The highest BCUT2D eigenvalue weighted by molar-refractivity contribution is 6.30. The minimum atomic E-state index is -1.46. The Hall–Kier alpha value is -4.39. The summed E-state index contributed by atoms with van der Waals surface area (Å²) in [7, 11) is 1.45. The molecule has 0 saturated carbocycles. The number of amides is 4. The molecule has 2 aromatic rings. The van der Waals surface area contributed by atoms with Gasteiger partial charge in [-0.05, 0) is 69.0 Å². The molecule has 0 aliphatic carbocycles. The average molecular weight is 593 g/mol. The lowest BCUT2D eigenvalue weighted by Gasteiger charge is -2.23. The number of rotatable bonds is 11. The predicted octanol–water partition coefficient (Wildman–Crippen LogP) is 4.62. The van der Waals surface area contributed by atoms with Crippen LogP contribution in [0.15, 0.2) is 36.4 Å². The summed E-state index contributed by atoms with van der Waals surface area (Å²) in [6.45, 7) is 6.57. The number of hydrogen-bond acceptors (Lipinski definition) is 8. The third-order valence-electron chi connectivity index (χ3n) is 5.77. The number of nitro groups is 1. The van der Waals surface area contributed by atoms with Gasteiger partial charge in [-0.15, -0.1) is 0 Å². The summed E-state index contributed by atoms with van der Waals surface area (Å²) < 4.78 is 10.6. The van der Waals surface area contributed by atoms with Crippen LogP contribution in [0.5, 0.6) is 5.75 Å². The summed E-state index contributed by atoms with van der Waals surface area (Å²) in [6, 6.07) is 6.67. The second-order valence-corrected chi connectivity index (χ2v) is 10.4. The van der Waals surface area contributed by atoms with Gasteiger partial charge in [-0.25, -0.2) is 14.4 Å². The molecule has 41 heavy (non-hydrogen) atoms. The van der Waals surface area contributed by atoms with Gasteiger partial charge < -0.3 is 25.2 Å². The molecule has 0 unspecified atom stereocenters. The van der Waals surface area contributed by atoms with E-state index >= 15 is 0 Å². The molecule has 2 atom stereocenters. The number of nitrogens with zero attached hydrogens (tertiary/aromatic N) is 1. The number of carboxylic acid groups (broad SMARTS) is 1. The number of halogens is 1. The highest BCUT2D eigenvalue weighted by atomic mass is 35.5. The van der Waals surface area contributed by atoms with Crippen LogP contribution >= 0.6 is 11.6 Å². The Morgan fingerprint density at radius 1 is 1.12 bits per heavy atom. The molecule has 0 bridgehead atoms. The molecule has 0 fully saturated rings. The van der Waals surface area contributed by atoms with E-state index in [1.54, 1.807) is 45.9 Å². The first-order chi connectivity index (χ1) is 19.1. The Balaban J connectivity index is 2.23. The number of nitro benzene ring substituents is 1. The fourth-order valence-corrected chi connectivity index (χ4v) is 4.07. The Morgan fingerprint density at radius 2 is 1.80 bits per heavy atom. The van der Waals surface area contributed by atoms with Gasteiger partial charge in [-0.2, -0.15) is 0 Å². The predicted molar refractivity (Wildman–Crippen MR) is 149 cm³/mol. The standard InChI is InChI=1S/C27H33ClN4O9/c1-6-20(15-7-9-19(24(34)35)21(13-15)32(38)39)30-25(36)31-23(33)17(14-29-26(37)41-27(2,3)4)11-16-12-18(28)8-10-22(16)40-5/h7-10,12-13,17,20H,6,11,14H2,1-5H3,(H,29,37)(H,34,35)(H2,30,31,33,36)/t17-,20-/m1/s1. The minimum absolute atomic E-state index is 0.0404. The monoisotopic (exact) mass is 592 g/mol. The van der Waals surface area contributed by atoms with Crippen LogP contribution in [0, 0.1) is 16.0 Å². The molecule has 0 radical (unpaired) electrons. The largest absolute Gasteiger partial charge is 0.496 e. The summed E-state index contributed by atoms with van der Waals surface area (Å²) >= 11 is 6.13. The molecule has 4 N–H and O–H groups in total. The van der Waals surface area contributed by atoms with Gasteiger partial charge in [0.15, 0.2) is 0 Å². The molecule has 0 aliphatic rings. The van der Waals surface area contributed by atoms with Crippen molar-refractivity contribution in [2.24, 2.45) is 5.92 Å². The number of nitrogens with one attached hydrogen (secondary N) is 3. The quantitative estimate of drug-likeness (QED) is 0.213. The van der Waals surface area contributed by atoms with Gasteiger partial charge >= 0.3 is 18.1 Å². The molecule has 14 heteroatoms. The summed E-state index contributed by atoms with van der Waals surface area (Å²) in [6.07, 6.45) is -0.442. The Kier molecular flexibility index (Phi) is 11.4. The smallest absolute Gasteiger partial charge is 0.407 e. The number of carbonyl (C=O) groups excluding carboxylic acids is 3. The number of alkyl carbamates (subject to hydrolysis) is 1. The first kappa shape index (κ1) is 32.8. The second kappa shape index (κ2) is 14.3. The zero-order valence-electron chi connectivity index (χ0n) is 23.3. The second-order valence-electron chi connectivity index (χ2n) is 10.0. The zero-order valence-corrected chi connectivity index (χ0v) is 24.0. The summed E-state index contributed by atoms with van der Waals surface area (Å²) in [5.41, 5.74) is -1.06. The fourth-order valence-electron chi connectivity index (χ4n) is 3.88. The first-order valence-electron chi connectivity index (χ1n) is 12.6. The van der Waals surface area contributed by atoms with Crippen LogP contribution in [0.2, 0.25) is 5.02 Å². The number of benzene rings is 2. The number of imide groups is 1. The highest BCUT2D eigenvalue weighted by Crippen LogP contribution is 2.27. The van der Waals surface area contributed by atoms with Gasteiger partial charge in [0.1, 0.15) is 16.9 Å². The van der Waals surface area contributed by atoms with Crippen molar-refractivity contribution in [2.45, 2.75) is 52.2 Å². The van der Waals surface area contributed by atoms with Crippen molar-refractivity contribution < 1.29 is 38.7 Å². The third-order valence-corrected chi connectivity index (χ3v) is 6.01. The van der Waals surface area contributed by atoms with Crippen molar-refractivity contribution in [3.63, 3.8) is 0 Å². The zero-order chi connectivity index (χ0) is 30.9. The van der Waals surface area contributed by atoms with Crippen LogP contribution in [-0.2, 0) is 16.0 Å². The lowest BCUT2D eigenvalue weighted by Crippen LogP contribution is -2.47. The molecule has 0 aliphatic heterocycles. The van der Waals surface area contributed by atoms with Gasteiger partial charge in [-0.1, -0.05) is 24.6 Å². The van der Waals surface area contributed by atoms with E-state index in [2.05, 4.69) is 16.0 Å². The summed E-state index contributed by atoms with van der Waals surface area (Å²) in [5, 5.41) is 28.3. The topological polar surface area (TPSA) is 186 Å². The average Bonchev–Trinajstić information content (AvgIpc) is 2.88. The number of methoxy groups -OCH3 is 1. The van der Waals surface area contributed by atoms with E-state index in [0.717, 1.165) is 12.1 Å². The van der Waals surface area contributed by atoms with Gasteiger partial charge in [0.2, 0.25) is 5.91 Å². The Morgan fingerprint density at radius 3 is 2.37 bits per heavy atom. The van der Waals surface area contributed by atoms with E-state index in [9.17, 15) is 34.4 Å². The maximum absolute atomic E-state index is 13.2. The normalized spacial score (nSPS) is 12.4. The number of carboxylic acids is 1. The van der Waals surface area contributed by atoms with Crippen molar-refractivity contribution in [3.05, 3.63) is 68.2 Å². The first-order valence-corrected chi connectivity index (χ1v) is 12.9. The fraction of sp³-hybridized carbons (Fsp3) is 0.407. The molecule has 2 aromatic carbocycles. The third kappa shape index (κ3) is 9.94. The van der Waals surface area contributed by atoms with Gasteiger partial charge in [0, 0.05) is 17.6 Å². The van der Waals surface area contributed by atoms with Crippen molar-refractivity contribution in [3.8, 4) is 5.75 Å². The van der Waals surface area contributed by atoms with E-state index in [1.165, 1.54) is 13.2 Å². The van der Waals surface area contributed by atoms with Crippen molar-refractivity contribution in [1.82, 2.24) is 16.0 Å². The molecule has 4 amide bonds.